The third-order valence-electron chi connectivity index (χ3n) is 3.21. The van der Waals surface area contributed by atoms with Gasteiger partial charge in [0.1, 0.15) is 6.04 Å². The molecule has 0 bridgehead atoms. The van der Waals surface area contributed by atoms with Gasteiger partial charge in [-0.3, -0.25) is 14.4 Å². The van der Waals surface area contributed by atoms with E-state index in [-0.39, 0.29) is 31.8 Å². The number of hydrogen-bond acceptors (Lipinski definition) is 6. The predicted octanol–water partition coefficient (Wildman–Crippen LogP) is 0.769. The summed E-state index contributed by atoms with van der Waals surface area (Å²) in [6.45, 7) is 1.92. The van der Waals surface area contributed by atoms with Crippen molar-refractivity contribution in [2.75, 3.05) is 11.9 Å². The van der Waals surface area contributed by atoms with Crippen LogP contribution in [0.2, 0.25) is 0 Å². The Morgan fingerprint density at radius 1 is 1.27 bits per heavy atom. The van der Waals surface area contributed by atoms with Crippen LogP contribution in [0.4, 0.5) is 5.69 Å². The normalized spacial score (nSPS) is 11.4. The molecule has 8 heteroatoms. The highest BCUT2D eigenvalue weighted by Crippen LogP contribution is 2.09. The number of nitrogens with zero attached hydrogens (tertiary/aromatic N) is 1. The topological polar surface area (TPSA) is 123 Å². The molecule has 4 N–H and O–H groups in total. The summed E-state index contributed by atoms with van der Waals surface area (Å²) in [7, 11) is 0. The number of amides is 2. The Morgan fingerprint density at radius 3 is 2.50 bits per heavy atom. The van der Waals surface area contributed by atoms with Gasteiger partial charge in [-0.1, -0.05) is 18.1 Å². The molecule has 0 spiro atoms. The molecular formula is C18H22N4O4. The number of terminal acetylenes is 1. The van der Waals surface area contributed by atoms with E-state index in [1.165, 1.54) is 6.21 Å². The van der Waals surface area contributed by atoms with Crippen molar-refractivity contribution < 1.29 is 19.1 Å². The second kappa shape index (κ2) is 11.3. The summed E-state index contributed by atoms with van der Waals surface area (Å²) in [5.41, 5.74) is 1.39. The van der Waals surface area contributed by atoms with Crippen LogP contribution in [-0.2, 0) is 19.1 Å². The second-order valence-electron chi connectivity index (χ2n) is 5.24. The van der Waals surface area contributed by atoms with Crippen LogP contribution in [0.5, 0.6) is 0 Å². The number of benzene rings is 1. The molecule has 1 rings (SSSR count). The predicted molar refractivity (Wildman–Crippen MR) is 98.1 cm³/mol. The maximum absolute atomic E-state index is 11.9. The van der Waals surface area contributed by atoms with E-state index in [0.717, 1.165) is 5.56 Å². The SMILES string of the molecule is C#CC(CC(=O)OCC)NC(=O)CCC(=O)Nc1ccc(C=NN)cc1. The van der Waals surface area contributed by atoms with Crippen LogP contribution in [-0.4, -0.2) is 36.6 Å². The largest absolute Gasteiger partial charge is 0.466 e. The first kappa shape index (κ1) is 20.7. The van der Waals surface area contributed by atoms with Crippen molar-refractivity contribution >= 4 is 29.7 Å². The van der Waals surface area contributed by atoms with E-state index in [0.29, 0.717) is 5.69 Å². The first-order valence-corrected chi connectivity index (χ1v) is 8.02. The molecule has 0 aliphatic heterocycles. The van der Waals surface area contributed by atoms with Crippen molar-refractivity contribution in [3.05, 3.63) is 29.8 Å². The zero-order valence-electron chi connectivity index (χ0n) is 14.5. The summed E-state index contributed by atoms with van der Waals surface area (Å²) in [6.07, 6.45) is 6.59. The number of esters is 1. The Hall–Kier alpha value is -3.34. The summed E-state index contributed by atoms with van der Waals surface area (Å²) >= 11 is 0. The van der Waals surface area contributed by atoms with E-state index in [1.807, 2.05) is 0 Å². The molecule has 1 unspecified atom stereocenters. The molecule has 0 saturated carbocycles. The number of hydrogen-bond donors (Lipinski definition) is 3. The van der Waals surface area contributed by atoms with Gasteiger partial charge in [-0.2, -0.15) is 5.10 Å². The van der Waals surface area contributed by atoms with Crippen LogP contribution in [0.3, 0.4) is 0 Å². The molecule has 26 heavy (non-hydrogen) atoms. The lowest BCUT2D eigenvalue weighted by atomic mass is 10.2. The number of nitrogens with one attached hydrogen (secondary N) is 2. The summed E-state index contributed by atoms with van der Waals surface area (Å²) in [5.74, 6) is 6.15. The van der Waals surface area contributed by atoms with E-state index >= 15 is 0 Å². The maximum atomic E-state index is 11.9. The molecule has 1 aromatic rings. The lowest BCUT2D eigenvalue weighted by Crippen LogP contribution is -2.36. The number of carbonyl (C=O) groups excluding carboxylic acids is 3. The van der Waals surface area contributed by atoms with Crippen LogP contribution in [0, 0.1) is 12.3 Å². The number of hydrazone groups is 1. The number of ether oxygens (including phenoxy) is 1. The molecule has 0 aliphatic rings. The summed E-state index contributed by atoms with van der Waals surface area (Å²) in [5, 5.41) is 8.59. The molecule has 0 saturated heterocycles. The quantitative estimate of drug-likeness (QED) is 0.198. The van der Waals surface area contributed by atoms with Crippen LogP contribution >= 0.6 is 0 Å². The number of carbonyl (C=O) groups is 3. The number of rotatable bonds is 9. The van der Waals surface area contributed by atoms with Gasteiger partial charge in [0.15, 0.2) is 0 Å². The fourth-order valence-electron chi connectivity index (χ4n) is 1.99. The smallest absolute Gasteiger partial charge is 0.308 e. The van der Waals surface area contributed by atoms with Crippen LogP contribution in [0.15, 0.2) is 29.4 Å². The van der Waals surface area contributed by atoms with Crippen molar-refractivity contribution in [1.29, 1.82) is 0 Å². The van der Waals surface area contributed by atoms with Gasteiger partial charge in [0.2, 0.25) is 11.8 Å². The van der Waals surface area contributed by atoms with Gasteiger partial charge >= 0.3 is 5.97 Å². The molecule has 2 amide bonds. The fraction of sp³-hybridized carbons (Fsp3) is 0.333. The van der Waals surface area contributed by atoms with Gasteiger partial charge in [-0.15, -0.1) is 6.42 Å². The highest BCUT2D eigenvalue weighted by Gasteiger charge is 2.15. The highest BCUT2D eigenvalue weighted by molar-refractivity contribution is 5.93. The van der Waals surface area contributed by atoms with E-state index in [9.17, 15) is 14.4 Å². The number of nitrogens with two attached hydrogens (primary N) is 1. The maximum Gasteiger partial charge on any atom is 0.308 e. The van der Waals surface area contributed by atoms with Crippen molar-refractivity contribution in [1.82, 2.24) is 5.32 Å². The minimum atomic E-state index is -0.763. The van der Waals surface area contributed by atoms with Crippen molar-refractivity contribution in [3.8, 4) is 12.3 Å². The molecule has 1 aromatic carbocycles. The van der Waals surface area contributed by atoms with Gasteiger partial charge in [-0.05, 0) is 24.6 Å². The Labute approximate surface area is 152 Å². The van der Waals surface area contributed by atoms with Crippen LogP contribution in [0.25, 0.3) is 0 Å². The van der Waals surface area contributed by atoms with E-state index in [4.69, 9.17) is 17.0 Å². The van der Waals surface area contributed by atoms with Crippen LogP contribution < -0.4 is 16.5 Å². The molecule has 0 heterocycles. The molecule has 138 valence electrons. The fourth-order valence-corrected chi connectivity index (χ4v) is 1.99. The zero-order chi connectivity index (χ0) is 19.4. The summed E-state index contributed by atoms with van der Waals surface area (Å²) in [6, 6.07) is 6.11. The molecule has 0 aromatic heterocycles. The third-order valence-corrected chi connectivity index (χ3v) is 3.21. The molecule has 0 aliphatic carbocycles. The van der Waals surface area contributed by atoms with Gasteiger partial charge in [0.25, 0.3) is 0 Å². The average Bonchev–Trinajstić information content (AvgIpc) is 2.61. The molecule has 0 radical (unpaired) electrons. The van der Waals surface area contributed by atoms with Crippen molar-refractivity contribution in [2.24, 2.45) is 10.9 Å². The third kappa shape index (κ3) is 7.97. The summed E-state index contributed by atoms with van der Waals surface area (Å²) in [4.78, 5) is 35.1. The minimum absolute atomic E-state index is 0.0193. The Morgan fingerprint density at radius 2 is 1.92 bits per heavy atom. The van der Waals surface area contributed by atoms with E-state index in [2.05, 4.69) is 21.7 Å². The molecule has 0 fully saturated rings. The molecule has 8 nitrogen and oxygen atoms in total. The zero-order valence-corrected chi connectivity index (χ0v) is 14.5. The van der Waals surface area contributed by atoms with Gasteiger partial charge in [0.05, 0.1) is 19.2 Å². The molecule has 1 atom stereocenters. The first-order chi connectivity index (χ1) is 12.5. The Bertz CT molecular complexity index is 692. The minimum Gasteiger partial charge on any atom is -0.466 e. The summed E-state index contributed by atoms with van der Waals surface area (Å²) < 4.78 is 4.78. The molecular weight excluding hydrogens is 336 g/mol. The Balaban J connectivity index is 2.40. The van der Waals surface area contributed by atoms with Crippen LogP contribution in [0.1, 0.15) is 31.7 Å². The Kier molecular flexibility index (Phi) is 8.96. The lowest BCUT2D eigenvalue weighted by Gasteiger charge is -2.12. The average molecular weight is 358 g/mol. The highest BCUT2D eigenvalue weighted by atomic mass is 16.5. The van der Waals surface area contributed by atoms with Crippen molar-refractivity contribution in [2.45, 2.75) is 32.2 Å². The van der Waals surface area contributed by atoms with Gasteiger partial charge in [0, 0.05) is 18.5 Å². The van der Waals surface area contributed by atoms with E-state index < -0.39 is 17.9 Å². The standard InChI is InChI=1S/C18H22N4O4/c1-3-14(11-18(25)26-4-2)21-16(23)9-10-17(24)22-15-7-5-13(6-8-15)12-20-19/h1,5-8,12,14H,4,9-11,19H2,2H3,(H,21,23)(H,22,24). The van der Waals surface area contributed by atoms with E-state index in [1.54, 1.807) is 31.2 Å². The lowest BCUT2D eigenvalue weighted by molar-refractivity contribution is -0.143. The number of anilines is 1. The van der Waals surface area contributed by atoms with Crippen molar-refractivity contribution in [3.63, 3.8) is 0 Å². The second-order valence-corrected chi connectivity index (χ2v) is 5.24. The van der Waals surface area contributed by atoms with Gasteiger partial charge < -0.3 is 21.2 Å². The first-order valence-electron chi connectivity index (χ1n) is 8.02. The van der Waals surface area contributed by atoms with Gasteiger partial charge in [-0.25, -0.2) is 0 Å². The monoisotopic (exact) mass is 358 g/mol.